The second kappa shape index (κ2) is 7.02. The van der Waals surface area contributed by atoms with Crippen LogP contribution in [0.1, 0.15) is 5.56 Å². The number of hydrogen-bond donors (Lipinski definition) is 2. The molecular formula is C16H13ClFN5. The monoisotopic (exact) mass is 329 g/mol. The molecule has 0 saturated carbocycles. The number of pyridine rings is 1. The summed E-state index contributed by atoms with van der Waals surface area (Å²) in [4.78, 5) is 12.5. The van der Waals surface area contributed by atoms with Gasteiger partial charge in [-0.25, -0.2) is 9.37 Å². The van der Waals surface area contributed by atoms with Gasteiger partial charge in [-0.1, -0.05) is 11.6 Å². The lowest BCUT2D eigenvalue weighted by atomic mass is 10.3. The van der Waals surface area contributed by atoms with Gasteiger partial charge < -0.3 is 10.6 Å². The van der Waals surface area contributed by atoms with Gasteiger partial charge in [0.1, 0.15) is 11.6 Å². The Kier molecular flexibility index (Phi) is 4.63. The summed E-state index contributed by atoms with van der Waals surface area (Å²) < 4.78 is 13.2. The van der Waals surface area contributed by atoms with Crippen LogP contribution in [0.3, 0.4) is 0 Å². The number of rotatable bonds is 5. The fourth-order valence-corrected chi connectivity index (χ4v) is 2.09. The van der Waals surface area contributed by atoms with E-state index >= 15 is 0 Å². The van der Waals surface area contributed by atoms with Crippen LogP contribution in [-0.2, 0) is 6.54 Å². The van der Waals surface area contributed by atoms with Crippen LogP contribution in [0.5, 0.6) is 0 Å². The summed E-state index contributed by atoms with van der Waals surface area (Å²) in [7, 11) is 0. The van der Waals surface area contributed by atoms with Crippen molar-refractivity contribution < 1.29 is 4.39 Å². The highest BCUT2D eigenvalue weighted by atomic mass is 35.5. The lowest BCUT2D eigenvalue weighted by molar-refractivity contribution is 0.628. The van der Waals surface area contributed by atoms with Crippen LogP contribution < -0.4 is 10.6 Å². The first-order chi connectivity index (χ1) is 11.2. The van der Waals surface area contributed by atoms with Crippen molar-refractivity contribution in [2.45, 2.75) is 6.54 Å². The van der Waals surface area contributed by atoms with Crippen LogP contribution >= 0.6 is 11.6 Å². The Balaban J connectivity index is 1.68. The van der Waals surface area contributed by atoms with E-state index in [0.717, 1.165) is 5.56 Å². The van der Waals surface area contributed by atoms with E-state index in [0.29, 0.717) is 24.0 Å². The molecule has 1 aromatic carbocycles. The van der Waals surface area contributed by atoms with Crippen LogP contribution in [0.4, 0.5) is 21.8 Å². The lowest BCUT2D eigenvalue weighted by Gasteiger charge is -2.09. The molecule has 116 valence electrons. The van der Waals surface area contributed by atoms with Crippen LogP contribution in [0.15, 0.2) is 55.0 Å². The quantitative estimate of drug-likeness (QED) is 0.740. The zero-order valence-electron chi connectivity index (χ0n) is 12.0. The molecular weight excluding hydrogens is 317 g/mol. The third-order valence-electron chi connectivity index (χ3n) is 3.05. The highest BCUT2D eigenvalue weighted by molar-refractivity contribution is 6.31. The highest BCUT2D eigenvalue weighted by Crippen LogP contribution is 2.21. The minimum absolute atomic E-state index is 0.0435. The number of hydrogen-bond acceptors (Lipinski definition) is 5. The molecule has 3 rings (SSSR count). The van der Waals surface area contributed by atoms with Gasteiger partial charge in [0.15, 0.2) is 0 Å². The Morgan fingerprint density at radius 1 is 1.04 bits per heavy atom. The molecule has 2 aromatic heterocycles. The maximum atomic E-state index is 13.2. The number of nitrogens with zero attached hydrogens (tertiary/aromatic N) is 3. The van der Waals surface area contributed by atoms with Gasteiger partial charge in [0.25, 0.3) is 0 Å². The molecule has 2 N–H and O–H groups in total. The molecule has 0 fully saturated rings. The van der Waals surface area contributed by atoms with Gasteiger partial charge in [-0.2, -0.15) is 4.98 Å². The van der Waals surface area contributed by atoms with E-state index in [-0.39, 0.29) is 5.02 Å². The van der Waals surface area contributed by atoms with Crippen LogP contribution in [0.2, 0.25) is 5.02 Å². The Hall–Kier alpha value is -2.73. The van der Waals surface area contributed by atoms with Crippen molar-refractivity contribution in [1.29, 1.82) is 0 Å². The van der Waals surface area contributed by atoms with E-state index < -0.39 is 5.82 Å². The maximum Gasteiger partial charge on any atom is 0.229 e. The van der Waals surface area contributed by atoms with Gasteiger partial charge in [0, 0.05) is 30.8 Å². The molecule has 0 unspecified atom stereocenters. The van der Waals surface area contributed by atoms with E-state index in [2.05, 4.69) is 25.6 Å². The Labute approximate surface area is 137 Å². The summed E-state index contributed by atoms with van der Waals surface area (Å²) in [6.07, 6.45) is 5.11. The van der Waals surface area contributed by atoms with Gasteiger partial charge in [-0.3, -0.25) is 4.98 Å². The van der Waals surface area contributed by atoms with E-state index in [1.54, 1.807) is 30.7 Å². The molecule has 7 heteroatoms. The fourth-order valence-electron chi connectivity index (χ4n) is 1.91. The zero-order chi connectivity index (χ0) is 16.1. The van der Waals surface area contributed by atoms with E-state index in [4.69, 9.17) is 11.6 Å². The standard InChI is InChI=1S/C16H13ClFN5/c17-13-9-12(1-2-14(13)18)22-16-20-8-5-15(23-16)21-10-11-3-6-19-7-4-11/h1-9H,10H2,(H2,20,21,22,23). The van der Waals surface area contributed by atoms with Crippen molar-refractivity contribution in [1.82, 2.24) is 15.0 Å². The topological polar surface area (TPSA) is 62.7 Å². The average Bonchev–Trinajstić information content (AvgIpc) is 2.58. The van der Waals surface area contributed by atoms with Gasteiger partial charge in [-0.15, -0.1) is 0 Å². The summed E-state index contributed by atoms with van der Waals surface area (Å²) >= 11 is 5.76. The lowest BCUT2D eigenvalue weighted by Crippen LogP contribution is -2.04. The van der Waals surface area contributed by atoms with E-state index in [1.807, 2.05) is 12.1 Å². The molecule has 2 heterocycles. The molecule has 0 spiro atoms. The molecule has 5 nitrogen and oxygen atoms in total. The van der Waals surface area contributed by atoms with Crippen LogP contribution in [0, 0.1) is 5.82 Å². The number of aromatic nitrogens is 3. The third-order valence-corrected chi connectivity index (χ3v) is 3.34. The molecule has 0 atom stereocenters. The number of benzene rings is 1. The van der Waals surface area contributed by atoms with E-state index in [9.17, 15) is 4.39 Å². The minimum Gasteiger partial charge on any atom is -0.366 e. The van der Waals surface area contributed by atoms with Crippen molar-refractivity contribution in [3.8, 4) is 0 Å². The first kappa shape index (κ1) is 15.2. The highest BCUT2D eigenvalue weighted by Gasteiger charge is 2.04. The summed E-state index contributed by atoms with van der Waals surface area (Å²) in [5.74, 6) is 0.603. The van der Waals surface area contributed by atoms with Crippen molar-refractivity contribution in [2.24, 2.45) is 0 Å². The molecule has 23 heavy (non-hydrogen) atoms. The van der Waals surface area contributed by atoms with Gasteiger partial charge in [-0.05, 0) is 42.0 Å². The maximum absolute atomic E-state index is 13.2. The molecule has 0 aliphatic rings. The number of anilines is 3. The Morgan fingerprint density at radius 2 is 1.87 bits per heavy atom. The normalized spacial score (nSPS) is 10.3. The van der Waals surface area contributed by atoms with Crippen molar-refractivity contribution in [3.05, 3.63) is 71.4 Å². The summed E-state index contributed by atoms with van der Waals surface area (Å²) in [5, 5.41) is 6.23. The van der Waals surface area contributed by atoms with E-state index in [1.165, 1.54) is 12.1 Å². The fraction of sp³-hybridized carbons (Fsp3) is 0.0625. The number of nitrogens with one attached hydrogen (secondary N) is 2. The molecule has 3 aromatic rings. The second-order valence-electron chi connectivity index (χ2n) is 4.73. The summed E-state index contributed by atoms with van der Waals surface area (Å²) in [5.41, 5.74) is 1.71. The van der Waals surface area contributed by atoms with Crippen molar-refractivity contribution in [3.63, 3.8) is 0 Å². The molecule has 0 bridgehead atoms. The van der Waals surface area contributed by atoms with Crippen molar-refractivity contribution >= 4 is 29.1 Å². The predicted octanol–water partition coefficient (Wildman–Crippen LogP) is 4.02. The van der Waals surface area contributed by atoms with Gasteiger partial charge in [0.2, 0.25) is 5.95 Å². The smallest absolute Gasteiger partial charge is 0.229 e. The minimum atomic E-state index is -0.467. The Bertz CT molecular complexity index is 797. The van der Waals surface area contributed by atoms with Crippen molar-refractivity contribution in [2.75, 3.05) is 10.6 Å². The Morgan fingerprint density at radius 3 is 2.65 bits per heavy atom. The largest absolute Gasteiger partial charge is 0.366 e. The van der Waals surface area contributed by atoms with Crippen LogP contribution in [-0.4, -0.2) is 15.0 Å². The molecule has 0 amide bonds. The van der Waals surface area contributed by atoms with Gasteiger partial charge in [0.05, 0.1) is 5.02 Å². The summed E-state index contributed by atoms with van der Waals surface area (Å²) in [6.45, 7) is 0.626. The SMILES string of the molecule is Fc1ccc(Nc2nccc(NCc3ccncc3)n2)cc1Cl. The molecule has 0 radical (unpaired) electrons. The average molecular weight is 330 g/mol. The second-order valence-corrected chi connectivity index (χ2v) is 5.14. The molecule has 0 saturated heterocycles. The predicted molar refractivity (Wildman–Crippen MR) is 88.3 cm³/mol. The number of halogens is 2. The third kappa shape index (κ3) is 4.14. The zero-order valence-corrected chi connectivity index (χ0v) is 12.8. The molecule has 0 aliphatic heterocycles. The van der Waals surface area contributed by atoms with Crippen LogP contribution in [0.25, 0.3) is 0 Å². The summed E-state index contributed by atoms with van der Waals surface area (Å²) in [6, 6.07) is 9.96. The molecule has 0 aliphatic carbocycles. The van der Waals surface area contributed by atoms with Gasteiger partial charge >= 0.3 is 0 Å². The first-order valence-corrected chi connectivity index (χ1v) is 7.26. The first-order valence-electron chi connectivity index (χ1n) is 6.88.